The Labute approximate surface area is 177 Å². The number of rotatable bonds is 8. The Morgan fingerprint density at radius 3 is 2.13 bits per heavy atom. The van der Waals surface area contributed by atoms with E-state index in [1.54, 1.807) is 49.6 Å². The van der Waals surface area contributed by atoms with Crippen molar-refractivity contribution in [3.63, 3.8) is 0 Å². The lowest BCUT2D eigenvalue weighted by Crippen LogP contribution is -2.28. The summed E-state index contributed by atoms with van der Waals surface area (Å²) < 4.78 is 32.5. The number of benzene rings is 3. The average molecular weight is 425 g/mol. The van der Waals surface area contributed by atoms with Crippen molar-refractivity contribution < 1.29 is 17.9 Å². The van der Waals surface area contributed by atoms with Crippen LogP contribution in [0, 0.1) is 0 Å². The van der Waals surface area contributed by atoms with Gasteiger partial charge in [-0.05, 0) is 60.5 Å². The number of nitrogens with one attached hydrogen (secondary N) is 2. The van der Waals surface area contributed by atoms with Crippen molar-refractivity contribution in [3.8, 4) is 5.75 Å². The van der Waals surface area contributed by atoms with Crippen LogP contribution in [-0.2, 0) is 10.0 Å². The van der Waals surface area contributed by atoms with E-state index in [0.717, 1.165) is 17.7 Å². The molecule has 0 fully saturated rings. The Bertz CT molecular complexity index is 1080. The lowest BCUT2D eigenvalue weighted by molar-refractivity contribution is 0.0935. The van der Waals surface area contributed by atoms with Crippen LogP contribution < -0.4 is 14.8 Å². The molecule has 0 radical (unpaired) electrons. The Hall–Kier alpha value is -3.32. The van der Waals surface area contributed by atoms with Crippen molar-refractivity contribution in [2.24, 2.45) is 0 Å². The van der Waals surface area contributed by atoms with E-state index in [1.165, 1.54) is 12.1 Å². The fraction of sp³-hybridized carbons (Fsp3) is 0.174. The van der Waals surface area contributed by atoms with Gasteiger partial charge in [0.15, 0.2) is 0 Å². The van der Waals surface area contributed by atoms with E-state index < -0.39 is 10.0 Å². The molecule has 0 saturated carbocycles. The molecule has 0 saturated heterocycles. The molecule has 0 aliphatic heterocycles. The zero-order valence-electron chi connectivity index (χ0n) is 16.8. The van der Waals surface area contributed by atoms with Crippen LogP contribution in [0.25, 0.3) is 0 Å². The number of hydrogen-bond acceptors (Lipinski definition) is 4. The highest BCUT2D eigenvalue weighted by atomic mass is 32.2. The topological polar surface area (TPSA) is 84.5 Å². The zero-order valence-corrected chi connectivity index (χ0v) is 17.6. The first-order valence-corrected chi connectivity index (χ1v) is 11.0. The van der Waals surface area contributed by atoms with Gasteiger partial charge in [-0.3, -0.25) is 9.52 Å². The fourth-order valence-electron chi connectivity index (χ4n) is 3.00. The lowest BCUT2D eigenvalue weighted by atomic mass is 10.0. The zero-order chi connectivity index (χ0) is 21.6. The first-order chi connectivity index (χ1) is 14.4. The number of sulfonamides is 1. The SMILES string of the molecule is CC[C@@H](NC(=O)c1ccc(NS(=O)(=O)c2ccccc2)cc1)c1ccc(OC)cc1. The highest BCUT2D eigenvalue weighted by Gasteiger charge is 2.16. The maximum Gasteiger partial charge on any atom is 0.261 e. The highest BCUT2D eigenvalue weighted by Crippen LogP contribution is 2.21. The quantitative estimate of drug-likeness (QED) is 0.562. The molecule has 0 aromatic heterocycles. The van der Waals surface area contributed by atoms with Gasteiger partial charge < -0.3 is 10.1 Å². The molecule has 0 heterocycles. The van der Waals surface area contributed by atoms with Gasteiger partial charge in [-0.2, -0.15) is 0 Å². The van der Waals surface area contributed by atoms with Crippen molar-refractivity contribution in [2.75, 3.05) is 11.8 Å². The molecule has 1 atom stereocenters. The summed E-state index contributed by atoms with van der Waals surface area (Å²) in [4.78, 5) is 12.8. The van der Waals surface area contributed by atoms with Crippen LogP contribution in [0.5, 0.6) is 5.75 Å². The molecule has 6 nitrogen and oxygen atoms in total. The molecule has 0 unspecified atom stereocenters. The number of methoxy groups -OCH3 is 1. The molecule has 3 rings (SSSR count). The van der Waals surface area contributed by atoms with Gasteiger partial charge in [-0.1, -0.05) is 37.3 Å². The number of ether oxygens (including phenoxy) is 1. The normalized spacial score (nSPS) is 12.1. The molecule has 156 valence electrons. The van der Waals surface area contributed by atoms with Crippen LogP contribution in [0.2, 0.25) is 0 Å². The van der Waals surface area contributed by atoms with Gasteiger partial charge in [-0.15, -0.1) is 0 Å². The van der Waals surface area contributed by atoms with Crippen molar-refractivity contribution in [2.45, 2.75) is 24.3 Å². The third-order valence-corrected chi connectivity index (χ3v) is 6.08. The van der Waals surface area contributed by atoms with E-state index in [4.69, 9.17) is 4.74 Å². The maximum absolute atomic E-state index is 12.7. The second-order valence-electron chi connectivity index (χ2n) is 6.70. The molecule has 7 heteroatoms. The molecule has 0 bridgehead atoms. The molecule has 3 aromatic carbocycles. The minimum atomic E-state index is -3.67. The third-order valence-electron chi connectivity index (χ3n) is 4.68. The second kappa shape index (κ2) is 9.45. The average Bonchev–Trinajstić information content (AvgIpc) is 2.78. The van der Waals surface area contributed by atoms with E-state index in [9.17, 15) is 13.2 Å². The van der Waals surface area contributed by atoms with Crippen molar-refractivity contribution >= 4 is 21.6 Å². The molecule has 2 N–H and O–H groups in total. The summed E-state index contributed by atoms with van der Waals surface area (Å²) in [5.74, 6) is 0.531. The van der Waals surface area contributed by atoms with Crippen molar-refractivity contribution in [3.05, 3.63) is 90.0 Å². The first kappa shape index (κ1) is 21.4. The summed E-state index contributed by atoms with van der Waals surface area (Å²) in [7, 11) is -2.06. The summed E-state index contributed by atoms with van der Waals surface area (Å²) in [6.07, 6.45) is 0.729. The van der Waals surface area contributed by atoms with E-state index in [0.29, 0.717) is 11.3 Å². The highest BCUT2D eigenvalue weighted by molar-refractivity contribution is 7.92. The summed E-state index contributed by atoms with van der Waals surface area (Å²) in [6, 6.07) is 21.9. The van der Waals surface area contributed by atoms with Crippen molar-refractivity contribution in [1.82, 2.24) is 5.32 Å². The number of carbonyl (C=O) groups is 1. The van der Waals surface area contributed by atoms with Crippen LogP contribution in [-0.4, -0.2) is 21.4 Å². The summed E-state index contributed by atoms with van der Waals surface area (Å²) in [5.41, 5.74) is 1.82. The van der Waals surface area contributed by atoms with Gasteiger partial charge in [0.05, 0.1) is 18.0 Å². The van der Waals surface area contributed by atoms with Gasteiger partial charge >= 0.3 is 0 Å². The van der Waals surface area contributed by atoms with Crippen LogP contribution >= 0.6 is 0 Å². The first-order valence-electron chi connectivity index (χ1n) is 9.55. The molecular weight excluding hydrogens is 400 g/mol. The maximum atomic E-state index is 12.7. The Kier molecular flexibility index (Phi) is 6.74. The van der Waals surface area contributed by atoms with E-state index in [-0.39, 0.29) is 16.8 Å². The predicted octanol–water partition coefficient (Wildman–Crippen LogP) is 4.38. The van der Waals surface area contributed by atoms with E-state index in [2.05, 4.69) is 10.0 Å². The summed E-state index contributed by atoms with van der Waals surface area (Å²) in [5, 5.41) is 3.01. The Morgan fingerprint density at radius 2 is 1.57 bits per heavy atom. The lowest BCUT2D eigenvalue weighted by Gasteiger charge is -2.18. The number of anilines is 1. The Balaban J connectivity index is 1.68. The van der Waals surface area contributed by atoms with Crippen LogP contribution in [0.1, 0.15) is 35.3 Å². The molecular formula is C23H24N2O4S. The van der Waals surface area contributed by atoms with Crippen molar-refractivity contribution in [1.29, 1.82) is 0 Å². The predicted molar refractivity (Wildman–Crippen MR) is 117 cm³/mol. The molecule has 0 aliphatic carbocycles. The van der Waals surface area contributed by atoms with Crippen LogP contribution in [0.3, 0.4) is 0 Å². The van der Waals surface area contributed by atoms with E-state index >= 15 is 0 Å². The van der Waals surface area contributed by atoms with E-state index in [1.807, 2.05) is 31.2 Å². The third kappa shape index (κ3) is 5.18. The largest absolute Gasteiger partial charge is 0.497 e. The van der Waals surface area contributed by atoms with Gasteiger partial charge in [0.25, 0.3) is 15.9 Å². The van der Waals surface area contributed by atoms with Crippen LogP contribution in [0.4, 0.5) is 5.69 Å². The van der Waals surface area contributed by atoms with Gasteiger partial charge in [-0.25, -0.2) is 8.42 Å². The molecule has 1 amide bonds. The van der Waals surface area contributed by atoms with Gasteiger partial charge in [0.2, 0.25) is 0 Å². The fourth-order valence-corrected chi connectivity index (χ4v) is 4.08. The summed E-state index contributed by atoms with van der Waals surface area (Å²) >= 11 is 0. The standard InChI is InChI=1S/C23H24N2O4S/c1-3-22(17-11-15-20(29-2)16-12-17)24-23(26)18-9-13-19(14-10-18)25-30(27,28)21-7-5-4-6-8-21/h4-16,22,25H,3H2,1-2H3,(H,24,26)/t22-/m1/s1. The summed E-state index contributed by atoms with van der Waals surface area (Å²) in [6.45, 7) is 2.00. The van der Waals surface area contributed by atoms with Crippen LogP contribution in [0.15, 0.2) is 83.8 Å². The minimum Gasteiger partial charge on any atom is -0.497 e. The molecule has 3 aromatic rings. The molecule has 0 spiro atoms. The second-order valence-corrected chi connectivity index (χ2v) is 8.39. The molecule has 0 aliphatic rings. The minimum absolute atomic E-state index is 0.139. The number of amides is 1. The Morgan fingerprint density at radius 1 is 0.933 bits per heavy atom. The molecule has 30 heavy (non-hydrogen) atoms. The number of hydrogen-bond donors (Lipinski definition) is 2. The van der Waals surface area contributed by atoms with Gasteiger partial charge in [0.1, 0.15) is 5.75 Å². The monoisotopic (exact) mass is 424 g/mol. The van der Waals surface area contributed by atoms with Gasteiger partial charge in [0, 0.05) is 11.3 Å². The smallest absolute Gasteiger partial charge is 0.261 e. The number of carbonyl (C=O) groups excluding carboxylic acids is 1.